The van der Waals surface area contributed by atoms with Crippen LogP contribution >= 0.6 is 7.60 Å². The summed E-state index contributed by atoms with van der Waals surface area (Å²) in [6.07, 6.45) is 0.246. The van der Waals surface area contributed by atoms with Crippen LogP contribution in [0.4, 0.5) is 0 Å². The highest BCUT2D eigenvalue weighted by molar-refractivity contribution is 7.52. The molecule has 14 heavy (non-hydrogen) atoms. The van der Waals surface area contributed by atoms with E-state index in [1.54, 1.807) is 0 Å². The summed E-state index contributed by atoms with van der Waals surface area (Å²) in [5.41, 5.74) is 0. The molecule has 1 atom stereocenters. The highest BCUT2D eigenvalue weighted by Crippen LogP contribution is 2.41. The van der Waals surface area contributed by atoms with Gasteiger partial charge in [-0.2, -0.15) is 0 Å². The summed E-state index contributed by atoms with van der Waals surface area (Å²) < 4.78 is 10.8. The summed E-state index contributed by atoms with van der Waals surface area (Å²) in [7, 11) is -4.35. The standard InChI is InChI=1S/C6H14NO6P/c8-3-1-2-5(14(11,12)13)7-4-6(9)10/h5,7-8H,1-4H2,(H,9,10)(H2,11,12,13). The fraction of sp³-hybridized carbons (Fsp3) is 0.833. The van der Waals surface area contributed by atoms with Gasteiger partial charge in [0.2, 0.25) is 0 Å². The molecule has 0 aromatic carbocycles. The third kappa shape index (κ3) is 6.06. The first-order chi connectivity index (χ1) is 6.38. The summed E-state index contributed by atoms with van der Waals surface area (Å²) in [5, 5.41) is 19.0. The third-order valence-electron chi connectivity index (χ3n) is 1.53. The molecule has 0 saturated carbocycles. The fourth-order valence-electron chi connectivity index (χ4n) is 0.879. The van der Waals surface area contributed by atoms with Gasteiger partial charge in [0.15, 0.2) is 0 Å². The van der Waals surface area contributed by atoms with Gasteiger partial charge in [-0.1, -0.05) is 0 Å². The van der Waals surface area contributed by atoms with Crippen molar-refractivity contribution in [2.75, 3.05) is 13.2 Å². The zero-order chi connectivity index (χ0) is 11.2. The van der Waals surface area contributed by atoms with Gasteiger partial charge >= 0.3 is 13.6 Å². The maximum absolute atomic E-state index is 10.8. The van der Waals surface area contributed by atoms with Gasteiger partial charge in [0.25, 0.3) is 0 Å². The molecule has 0 fully saturated rings. The van der Waals surface area contributed by atoms with Gasteiger partial charge in [-0.05, 0) is 12.8 Å². The van der Waals surface area contributed by atoms with Crippen LogP contribution in [0.2, 0.25) is 0 Å². The Morgan fingerprint density at radius 2 is 2.00 bits per heavy atom. The second-order valence-electron chi connectivity index (χ2n) is 2.75. The predicted molar refractivity (Wildman–Crippen MR) is 47.8 cm³/mol. The normalized spacial score (nSPS) is 13.9. The molecule has 0 amide bonds. The quantitative estimate of drug-likeness (QED) is 0.350. The lowest BCUT2D eigenvalue weighted by molar-refractivity contribution is -0.136. The molecule has 0 aliphatic carbocycles. The number of carboxylic acid groups (broad SMARTS) is 1. The molecule has 0 bridgehead atoms. The van der Waals surface area contributed by atoms with Crippen LogP contribution < -0.4 is 5.32 Å². The second-order valence-corrected chi connectivity index (χ2v) is 4.55. The second kappa shape index (κ2) is 6.10. The summed E-state index contributed by atoms with van der Waals surface area (Å²) in [5.74, 6) is -2.39. The van der Waals surface area contributed by atoms with E-state index in [4.69, 9.17) is 20.0 Å². The van der Waals surface area contributed by atoms with Crippen LogP contribution in [0.15, 0.2) is 0 Å². The average Bonchev–Trinajstić information content (AvgIpc) is 2.01. The smallest absolute Gasteiger partial charge is 0.342 e. The van der Waals surface area contributed by atoms with E-state index in [0.717, 1.165) is 0 Å². The van der Waals surface area contributed by atoms with Crippen LogP contribution in [0.5, 0.6) is 0 Å². The minimum Gasteiger partial charge on any atom is -0.480 e. The van der Waals surface area contributed by atoms with Gasteiger partial charge in [-0.3, -0.25) is 14.7 Å². The molecule has 7 nitrogen and oxygen atoms in total. The highest BCUT2D eigenvalue weighted by atomic mass is 31.2. The molecule has 5 N–H and O–H groups in total. The zero-order valence-electron chi connectivity index (χ0n) is 7.46. The van der Waals surface area contributed by atoms with Gasteiger partial charge < -0.3 is 20.0 Å². The van der Waals surface area contributed by atoms with Crippen molar-refractivity contribution in [2.24, 2.45) is 0 Å². The van der Waals surface area contributed by atoms with Gasteiger partial charge in [-0.25, -0.2) is 0 Å². The van der Waals surface area contributed by atoms with Crippen LogP contribution in [0, 0.1) is 0 Å². The fourth-order valence-corrected chi connectivity index (χ4v) is 1.73. The number of carboxylic acids is 1. The summed E-state index contributed by atoms with van der Waals surface area (Å²) in [6.45, 7) is -0.702. The number of aliphatic hydroxyl groups excluding tert-OH is 1. The number of aliphatic carboxylic acids is 1. The first-order valence-corrected chi connectivity index (χ1v) is 5.67. The van der Waals surface area contributed by atoms with Crippen LogP contribution in [-0.4, -0.2) is 44.9 Å². The average molecular weight is 227 g/mol. The number of aliphatic hydroxyl groups is 1. The van der Waals surface area contributed by atoms with Crippen LogP contribution in [0.1, 0.15) is 12.8 Å². The third-order valence-corrected chi connectivity index (χ3v) is 2.78. The lowest BCUT2D eigenvalue weighted by Crippen LogP contribution is -2.33. The van der Waals surface area contributed by atoms with Crippen molar-refractivity contribution in [3.63, 3.8) is 0 Å². The molecule has 84 valence electrons. The Morgan fingerprint density at radius 3 is 2.36 bits per heavy atom. The zero-order valence-corrected chi connectivity index (χ0v) is 8.35. The first-order valence-electron chi connectivity index (χ1n) is 3.99. The number of hydrogen-bond acceptors (Lipinski definition) is 4. The van der Waals surface area contributed by atoms with Crippen molar-refractivity contribution in [3.8, 4) is 0 Å². The molecule has 0 radical (unpaired) electrons. The Hall–Kier alpha value is -0.460. The van der Waals surface area contributed by atoms with Crippen LogP contribution in [0.3, 0.4) is 0 Å². The summed E-state index contributed by atoms with van der Waals surface area (Å²) >= 11 is 0. The summed E-state index contributed by atoms with van der Waals surface area (Å²) in [6, 6.07) is 0. The molecule has 0 rings (SSSR count). The molecular formula is C6H14NO6P. The molecule has 0 aromatic heterocycles. The van der Waals surface area contributed by atoms with E-state index in [0.29, 0.717) is 0 Å². The molecular weight excluding hydrogens is 213 g/mol. The highest BCUT2D eigenvalue weighted by Gasteiger charge is 2.27. The topological polar surface area (TPSA) is 127 Å². The van der Waals surface area contributed by atoms with Gasteiger partial charge in [-0.15, -0.1) is 0 Å². The van der Waals surface area contributed by atoms with Crippen molar-refractivity contribution in [1.29, 1.82) is 0 Å². The van der Waals surface area contributed by atoms with Crippen molar-refractivity contribution in [1.82, 2.24) is 5.32 Å². The number of nitrogens with one attached hydrogen (secondary N) is 1. The first kappa shape index (κ1) is 13.5. The van der Waals surface area contributed by atoms with E-state index in [9.17, 15) is 9.36 Å². The van der Waals surface area contributed by atoms with E-state index in [1.165, 1.54) is 0 Å². The van der Waals surface area contributed by atoms with Crippen LogP contribution in [0.25, 0.3) is 0 Å². The number of hydrogen-bond donors (Lipinski definition) is 5. The maximum atomic E-state index is 10.8. The monoisotopic (exact) mass is 227 g/mol. The van der Waals surface area contributed by atoms with Crippen molar-refractivity contribution < 1.29 is 29.4 Å². The molecule has 8 heteroatoms. The molecule has 0 aliphatic rings. The lowest BCUT2D eigenvalue weighted by Gasteiger charge is -2.18. The molecule has 0 heterocycles. The SMILES string of the molecule is O=C(O)CNC(CCCO)P(=O)(O)O. The molecule has 0 aromatic rings. The Labute approximate surface area is 80.9 Å². The van der Waals surface area contributed by atoms with Crippen molar-refractivity contribution in [3.05, 3.63) is 0 Å². The van der Waals surface area contributed by atoms with E-state index >= 15 is 0 Å². The molecule has 0 aliphatic heterocycles. The van der Waals surface area contributed by atoms with E-state index in [1.807, 2.05) is 0 Å². The number of rotatable bonds is 7. The largest absolute Gasteiger partial charge is 0.480 e. The van der Waals surface area contributed by atoms with Crippen molar-refractivity contribution >= 4 is 13.6 Å². The minimum absolute atomic E-state index is 0.0358. The molecule has 1 unspecified atom stereocenters. The van der Waals surface area contributed by atoms with Crippen molar-refractivity contribution in [2.45, 2.75) is 18.6 Å². The van der Waals surface area contributed by atoms with E-state index < -0.39 is 25.9 Å². The van der Waals surface area contributed by atoms with Crippen LogP contribution in [-0.2, 0) is 9.36 Å². The lowest BCUT2D eigenvalue weighted by atomic mass is 10.3. The van der Waals surface area contributed by atoms with Gasteiger partial charge in [0.05, 0.1) is 6.54 Å². The van der Waals surface area contributed by atoms with Gasteiger partial charge in [0.1, 0.15) is 5.78 Å². The van der Waals surface area contributed by atoms with E-state index in [2.05, 4.69) is 5.32 Å². The minimum atomic E-state index is -4.35. The number of carbonyl (C=O) groups is 1. The molecule has 0 saturated heterocycles. The summed E-state index contributed by atoms with van der Waals surface area (Å²) in [4.78, 5) is 27.7. The van der Waals surface area contributed by atoms with E-state index in [-0.39, 0.29) is 19.4 Å². The predicted octanol–water partition coefficient (Wildman–Crippen LogP) is -1.06. The van der Waals surface area contributed by atoms with Gasteiger partial charge in [0, 0.05) is 6.61 Å². The Kier molecular flexibility index (Phi) is 5.90. The Balaban J connectivity index is 4.12. The Bertz CT molecular complexity index is 226. The molecule has 0 spiro atoms. The maximum Gasteiger partial charge on any atom is 0.342 e. The Morgan fingerprint density at radius 1 is 1.43 bits per heavy atom.